The van der Waals surface area contributed by atoms with Crippen molar-refractivity contribution in [2.45, 2.75) is 25.7 Å². The third-order valence-electron chi connectivity index (χ3n) is 5.19. The van der Waals surface area contributed by atoms with Crippen LogP contribution < -0.4 is 0 Å². The topological polar surface area (TPSA) is 96.6 Å². The third-order valence-corrected chi connectivity index (χ3v) is 5.19. The lowest BCUT2D eigenvalue weighted by Crippen LogP contribution is -2.40. The minimum absolute atomic E-state index is 0.0961. The molecule has 150 valence electrons. The number of fused-ring (bicyclic) bond motifs is 1. The van der Waals surface area contributed by atoms with E-state index in [2.05, 4.69) is 20.1 Å². The van der Waals surface area contributed by atoms with Crippen LogP contribution in [-0.4, -0.2) is 73.4 Å². The third kappa shape index (κ3) is 3.55. The predicted octanol–water partition coefficient (Wildman–Crippen LogP) is 1.55. The molecule has 1 atom stereocenters. The van der Waals surface area contributed by atoms with E-state index in [1.165, 1.54) is 11.1 Å². The fourth-order valence-electron chi connectivity index (χ4n) is 3.68. The molecule has 2 amide bonds. The number of carbonyl (C=O) groups excluding carboxylic acids is 2. The smallest absolute Gasteiger partial charge is 0.274 e. The van der Waals surface area contributed by atoms with Crippen LogP contribution in [0.1, 0.15) is 51.0 Å². The summed E-state index contributed by atoms with van der Waals surface area (Å²) in [6.45, 7) is 3.08. The van der Waals surface area contributed by atoms with Crippen LogP contribution in [0.25, 0.3) is 5.65 Å². The van der Waals surface area contributed by atoms with Gasteiger partial charge in [-0.2, -0.15) is 5.10 Å². The fraction of sp³-hybridized carbons (Fsp3) is 0.400. The van der Waals surface area contributed by atoms with Crippen molar-refractivity contribution in [3.05, 3.63) is 53.5 Å². The minimum Gasteiger partial charge on any atom is -0.345 e. The lowest BCUT2D eigenvalue weighted by Gasteiger charge is -2.32. The lowest BCUT2D eigenvalue weighted by atomic mass is 9.94. The largest absolute Gasteiger partial charge is 0.345 e. The van der Waals surface area contributed by atoms with Crippen molar-refractivity contribution in [1.29, 1.82) is 0 Å². The van der Waals surface area contributed by atoms with Crippen LogP contribution in [-0.2, 0) is 0 Å². The van der Waals surface area contributed by atoms with Crippen LogP contribution in [0.2, 0.25) is 0 Å². The van der Waals surface area contributed by atoms with Crippen molar-refractivity contribution in [3.8, 4) is 0 Å². The zero-order valence-corrected chi connectivity index (χ0v) is 16.7. The van der Waals surface area contributed by atoms with Gasteiger partial charge >= 0.3 is 0 Å². The van der Waals surface area contributed by atoms with Crippen LogP contribution in [0, 0.1) is 6.92 Å². The van der Waals surface area contributed by atoms with Crippen LogP contribution in [0.4, 0.5) is 0 Å². The molecule has 0 aliphatic carbocycles. The van der Waals surface area contributed by atoms with Gasteiger partial charge in [-0.15, -0.1) is 0 Å². The molecule has 3 aromatic heterocycles. The Bertz CT molecular complexity index is 1060. The summed E-state index contributed by atoms with van der Waals surface area (Å²) in [4.78, 5) is 41.3. The van der Waals surface area contributed by atoms with E-state index >= 15 is 0 Å². The number of piperidine rings is 1. The molecule has 0 radical (unpaired) electrons. The van der Waals surface area contributed by atoms with E-state index in [0.717, 1.165) is 24.2 Å². The van der Waals surface area contributed by atoms with E-state index < -0.39 is 0 Å². The highest BCUT2D eigenvalue weighted by atomic mass is 16.2. The van der Waals surface area contributed by atoms with Gasteiger partial charge in [0, 0.05) is 45.5 Å². The van der Waals surface area contributed by atoms with Gasteiger partial charge < -0.3 is 9.80 Å². The Morgan fingerprint density at radius 2 is 1.97 bits per heavy atom. The van der Waals surface area contributed by atoms with Gasteiger partial charge in [-0.05, 0) is 25.8 Å². The van der Waals surface area contributed by atoms with Crippen LogP contribution >= 0.6 is 0 Å². The molecule has 9 heteroatoms. The Balaban J connectivity index is 1.61. The molecule has 0 saturated carbocycles. The van der Waals surface area contributed by atoms with Gasteiger partial charge in [0.25, 0.3) is 11.8 Å². The van der Waals surface area contributed by atoms with Gasteiger partial charge in [0.2, 0.25) is 0 Å². The summed E-state index contributed by atoms with van der Waals surface area (Å²) in [7, 11) is 3.41. The van der Waals surface area contributed by atoms with E-state index in [9.17, 15) is 9.59 Å². The number of hydrogen-bond donors (Lipinski definition) is 0. The SMILES string of the molecule is Cc1cnc(C(=O)N2CCCC(c3ccnc4c(C(=O)N(C)C)cnn34)C2)cn1. The first-order valence-electron chi connectivity index (χ1n) is 9.58. The molecule has 4 rings (SSSR count). The van der Waals surface area contributed by atoms with E-state index in [-0.39, 0.29) is 17.7 Å². The molecule has 1 unspecified atom stereocenters. The molecule has 1 aliphatic rings. The maximum Gasteiger partial charge on any atom is 0.274 e. The molecule has 0 N–H and O–H groups in total. The lowest BCUT2D eigenvalue weighted by molar-refractivity contribution is 0.0698. The maximum absolute atomic E-state index is 12.9. The van der Waals surface area contributed by atoms with Gasteiger partial charge in [-0.25, -0.2) is 14.5 Å². The Kier molecular flexibility index (Phi) is 4.96. The summed E-state index contributed by atoms with van der Waals surface area (Å²) in [5.74, 6) is -0.154. The number of nitrogens with zero attached hydrogens (tertiary/aromatic N) is 7. The predicted molar refractivity (Wildman–Crippen MR) is 106 cm³/mol. The average Bonchev–Trinajstić information content (AvgIpc) is 3.17. The Hall–Kier alpha value is -3.36. The number of aromatic nitrogens is 5. The van der Waals surface area contributed by atoms with Crippen LogP contribution in [0.15, 0.2) is 30.9 Å². The zero-order valence-electron chi connectivity index (χ0n) is 16.7. The highest BCUT2D eigenvalue weighted by Crippen LogP contribution is 2.28. The van der Waals surface area contributed by atoms with Gasteiger partial charge in [0.05, 0.1) is 23.8 Å². The Labute approximate surface area is 168 Å². The standard InChI is InChI=1S/C20H23N7O2/c1-13-9-23-16(11-22-13)20(29)26-8-4-5-14(12-26)17-6-7-21-18-15(10-24-27(17)18)19(28)25(2)3/h6-7,9-11,14H,4-5,8,12H2,1-3H3. The summed E-state index contributed by atoms with van der Waals surface area (Å²) in [6, 6.07) is 1.91. The molecule has 1 fully saturated rings. The molecular weight excluding hydrogens is 370 g/mol. The van der Waals surface area contributed by atoms with Gasteiger partial charge in [-0.3, -0.25) is 14.6 Å². The van der Waals surface area contributed by atoms with Crippen molar-refractivity contribution in [1.82, 2.24) is 34.4 Å². The van der Waals surface area contributed by atoms with Crippen LogP contribution in [0.3, 0.4) is 0 Å². The van der Waals surface area contributed by atoms with Crippen molar-refractivity contribution in [3.63, 3.8) is 0 Å². The van der Waals surface area contributed by atoms with E-state index in [1.54, 1.807) is 37.2 Å². The highest BCUT2D eigenvalue weighted by Gasteiger charge is 2.28. The van der Waals surface area contributed by atoms with Gasteiger partial charge in [0.1, 0.15) is 11.3 Å². The second kappa shape index (κ2) is 7.57. The number of hydrogen-bond acceptors (Lipinski definition) is 6. The monoisotopic (exact) mass is 393 g/mol. The number of carbonyl (C=O) groups is 2. The Morgan fingerprint density at radius 3 is 2.69 bits per heavy atom. The number of amides is 2. The quantitative estimate of drug-likeness (QED) is 0.670. The molecule has 29 heavy (non-hydrogen) atoms. The van der Waals surface area contributed by atoms with Crippen molar-refractivity contribution in [2.24, 2.45) is 0 Å². The maximum atomic E-state index is 12.9. The first-order valence-corrected chi connectivity index (χ1v) is 9.58. The van der Waals surface area contributed by atoms with Crippen molar-refractivity contribution >= 4 is 17.5 Å². The molecule has 1 saturated heterocycles. The van der Waals surface area contributed by atoms with Gasteiger partial charge in [0.15, 0.2) is 5.65 Å². The first kappa shape index (κ1) is 19.0. The summed E-state index contributed by atoms with van der Waals surface area (Å²) in [5.41, 5.74) is 3.08. The number of likely N-dealkylation sites (tertiary alicyclic amines) is 1. The number of aryl methyl sites for hydroxylation is 1. The minimum atomic E-state index is -0.136. The van der Waals surface area contributed by atoms with Crippen molar-refractivity contribution < 1.29 is 9.59 Å². The van der Waals surface area contributed by atoms with Gasteiger partial charge in [-0.1, -0.05) is 0 Å². The molecule has 0 aromatic carbocycles. The fourth-order valence-corrected chi connectivity index (χ4v) is 3.68. The second-order valence-electron chi connectivity index (χ2n) is 7.50. The van der Waals surface area contributed by atoms with Crippen LogP contribution in [0.5, 0.6) is 0 Å². The summed E-state index contributed by atoms with van der Waals surface area (Å²) in [6.07, 6.45) is 8.20. The molecule has 4 heterocycles. The molecule has 9 nitrogen and oxygen atoms in total. The Morgan fingerprint density at radius 1 is 1.14 bits per heavy atom. The molecular formula is C20H23N7O2. The average molecular weight is 393 g/mol. The molecule has 1 aliphatic heterocycles. The van der Waals surface area contributed by atoms with Crippen molar-refractivity contribution in [2.75, 3.05) is 27.2 Å². The number of rotatable bonds is 3. The van der Waals surface area contributed by atoms with E-state index in [1.807, 2.05) is 17.9 Å². The molecule has 0 spiro atoms. The summed E-state index contributed by atoms with van der Waals surface area (Å²) < 4.78 is 1.72. The summed E-state index contributed by atoms with van der Waals surface area (Å²) in [5, 5.41) is 4.42. The zero-order chi connectivity index (χ0) is 20.5. The highest BCUT2D eigenvalue weighted by molar-refractivity contribution is 5.99. The normalized spacial score (nSPS) is 16.8. The van der Waals surface area contributed by atoms with E-state index in [4.69, 9.17) is 0 Å². The second-order valence-corrected chi connectivity index (χ2v) is 7.50. The molecule has 3 aromatic rings. The van der Waals surface area contributed by atoms with E-state index in [0.29, 0.717) is 30.0 Å². The molecule has 0 bridgehead atoms. The summed E-state index contributed by atoms with van der Waals surface area (Å²) >= 11 is 0. The first-order chi connectivity index (χ1) is 14.0.